The Balaban J connectivity index is 3.25. The second-order valence-corrected chi connectivity index (χ2v) is 4.88. The summed E-state index contributed by atoms with van der Waals surface area (Å²) in [5, 5.41) is 5.95. The van der Waals surface area contributed by atoms with Crippen molar-refractivity contribution < 1.29 is 4.79 Å². The van der Waals surface area contributed by atoms with Gasteiger partial charge in [0.1, 0.15) is 0 Å². The molecule has 0 aromatic heterocycles. The van der Waals surface area contributed by atoms with Crippen molar-refractivity contribution >= 4 is 5.91 Å². The first-order chi connectivity index (χ1) is 9.20. The molecule has 3 nitrogen and oxygen atoms in total. The van der Waals surface area contributed by atoms with Crippen molar-refractivity contribution in [2.75, 3.05) is 13.1 Å². The molecule has 3 heteroatoms. The van der Waals surface area contributed by atoms with Crippen LogP contribution in [-0.4, -0.2) is 19.0 Å². The Morgan fingerprint density at radius 2 is 1.58 bits per heavy atom. The zero-order valence-corrected chi connectivity index (χ0v) is 12.5. The fourth-order valence-corrected chi connectivity index (χ4v) is 1.83. The van der Waals surface area contributed by atoms with Crippen molar-refractivity contribution in [3.63, 3.8) is 0 Å². The lowest BCUT2D eigenvalue weighted by atomic mass is 10.1. The number of hydrogen-bond donors (Lipinski definition) is 2. The zero-order valence-electron chi connectivity index (χ0n) is 12.5. The Morgan fingerprint density at radius 1 is 1.00 bits per heavy atom. The molecule has 0 aliphatic carbocycles. The highest BCUT2D eigenvalue weighted by Crippen LogP contribution is 2.08. The van der Waals surface area contributed by atoms with E-state index >= 15 is 0 Å². The Hall–Kier alpha value is -1.25. The summed E-state index contributed by atoms with van der Waals surface area (Å²) in [6.07, 6.45) is 11.0. The van der Waals surface area contributed by atoms with Gasteiger partial charge in [0, 0.05) is 25.2 Å². The van der Waals surface area contributed by atoms with E-state index < -0.39 is 0 Å². The van der Waals surface area contributed by atoms with E-state index in [9.17, 15) is 4.79 Å². The van der Waals surface area contributed by atoms with Crippen LogP contribution in [0.3, 0.4) is 0 Å². The van der Waals surface area contributed by atoms with Gasteiger partial charge in [-0.25, -0.2) is 0 Å². The van der Waals surface area contributed by atoms with Crippen molar-refractivity contribution in [3.8, 4) is 0 Å². The van der Waals surface area contributed by atoms with Crippen LogP contribution >= 0.6 is 0 Å². The molecule has 0 saturated heterocycles. The van der Waals surface area contributed by atoms with Crippen LogP contribution in [0.4, 0.5) is 0 Å². The van der Waals surface area contributed by atoms with Gasteiger partial charge in [0.15, 0.2) is 0 Å². The van der Waals surface area contributed by atoms with Gasteiger partial charge in [-0.2, -0.15) is 0 Å². The Bertz CT molecular complexity index is 261. The fraction of sp³-hybridized carbons (Fsp3) is 0.688. The summed E-state index contributed by atoms with van der Waals surface area (Å²) in [5.74, 6) is 0.152. The molecule has 0 aliphatic rings. The predicted molar refractivity (Wildman–Crippen MR) is 83.0 cm³/mol. The second-order valence-electron chi connectivity index (χ2n) is 4.88. The SMILES string of the molecule is C=CC(=C)NCCNC(=O)CCCCCCCCC. The van der Waals surface area contributed by atoms with Gasteiger partial charge in [-0.3, -0.25) is 4.79 Å². The lowest BCUT2D eigenvalue weighted by Crippen LogP contribution is -2.30. The van der Waals surface area contributed by atoms with Crippen molar-refractivity contribution in [3.05, 3.63) is 24.9 Å². The van der Waals surface area contributed by atoms with Crippen LogP contribution in [0.2, 0.25) is 0 Å². The fourth-order valence-electron chi connectivity index (χ4n) is 1.83. The molecule has 0 fully saturated rings. The van der Waals surface area contributed by atoms with E-state index in [0.29, 0.717) is 19.5 Å². The number of unbranched alkanes of at least 4 members (excludes halogenated alkanes) is 6. The maximum absolute atomic E-state index is 11.5. The van der Waals surface area contributed by atoms with Crippen molar-refractivity contribution in [2.24, 2.45) is 0 Å². The average molecular weight is 266 g/mol. The largest absolute Gasteiger partial charge is 0.384 e. The molecule has 0 aliphatic heterocycles. The highest BCUT2D eigenvalue weighted by atomic mass is 16.1. The van der Waals surface area contributed by atoms with Gasteiger partial charge < -0.3 is 10.6 Å². The number of nitrogens with one attached hydrogen (secondary N) is 2. The van der Waals surface area contributed by atoms with E-state index in [1.165, 1.54) is 38.5 Å². The zero-order chi connectivity index (χ0) is 14.3. The monoisotopic (exact) mass is 266 g/mol. The molecule has 0 unspecified atom stereocenters. The third-order valence-electron chi connectivity index (χ3n) is 3.05. The summed E-state index contributed by atoms with van der Waals surface area (Å²) in [4.78, 5) is 11.5. The standard InChI is InChI=1S/C16H30N2O/c1-4-6-7-8-9-10-11-12-16(19)18-14-13-17-15(3)5-2/h5,17H,2-4,6-14H2,1H3,(H,18,19). The highest BCUT2D eigenvalue weighted by Gasteiger charge is 2.00. The minimum Gasteiger partial charge on any atom is -0.384 e. The van der Waals surface area contributed by atoms with Crippen molar-refractivity contribution in [2.45, 2.75) is 58.3 Å². The van der Waals surface area contributed by atoms with E-state index in [1.54, 1.807) is 6.08 Å². The lowest BCUT2D eigenvalue weighted by molar-refractivity contribution is -0.121. The molecule has 0 atom stereocenters. The number of rotatable bonds is 13. The van der Waals surface area contributed by atoms with E-state index in [4.69, 9.17) is 0 Å². The summed E-state index contributed by atoms with van der Waals surface area (Å²) >= 11 is 0. The molecule has 0 saturated carbocycles. The van der Waals surface area contributed by atoms with Crippen LogP contribution in [-0.2, 0) is 4.79 Å². The third kappa shape index (κ3) is 13.0. The van der Waals surface area contributed by atoms with Crippen LogP contribution in [0.15, 0.2) is 24.9 Å². The van der Waals surface area contributed by atoms with Gasteiger partial charge in [-0.1, -0.05) is 58.6 Å². The first kappa shape index (κ1) is 17.8. The predicted octanol–water partition coefficient (Wildman–Crippen LogP) is 3.53. The molecule has 1 amide bonds. The van der Waals surface area contributed by atoms with E-state index in [2.05, 4.69) is 30.7 Å². The van der Waals surface area contributed by atoms with Crippen LogP contribution < -0.4 is 10.6 Å². The van der Waals surface area contributed by atoms with Gasteiger partial charge in [-0.05, 0) is 12.5 Å². The molecule has 19 heavy (non-hydrogen) atoms. The second kappa shape index (κ2) is 13.2. The van der Waals surface area contributed by atoms with E-state index in [1.807, 2.05) is 0 Å². The molecule has 0 rings (SSSR count). The summed E-state index contributed by atoms with van der Waals surface area (Å²) in [5.41, 5.74) is 0.793. The van der Waals surface area contributed by atoms with Gasteiger partial charge in [-0.15, -0.1) is 0 Å². The van der Waals surface area contributed by atoms with Crippen molar-refractivity contribution in [1.29, 1.82) is 0 Å². The minimum absolute atomic E-state index is 0.152. The summed E-state index contributed by atoms with van der Waals surface area (Å²) < 4.78 is 0. The molecule has 2 N–H and O–H groups in total. The first-order valence-corrected chi connectivity index (χ1v) is 7.52. The smallest absolute Gasteiger partial charge is 0.220 e. The Labute approximate surface area is 118 Å². The summed E-state index contributed by atoms with van der Waals surface area (Å²) in [6.45, 7) is 10.9. The van der Waals surface area contributed by atoms with E-state index in [-0.39, 0.29) is 5.91 Å². The molecular formula is C16H30N2O. The van der Waals surface area contributed by atoms with Gasteiger partial charge in [0.25, 0.3) is 0 Å². The molecule has 0 radical (unpaired) electrons. The maximum Gasteiger partial charge on any atom is 0.220 e. The molecular weight excluding hydrogens is 236 g/mol. The lowest BCUT2D eigenvalue weighted by Gasteiger charge is -2.07. The minimum atomic E-state index is 0.152. The van der Waals surface area contributed by atoms with Crippen LogP contribution in [0.5, 0.6) is 0 Å². The molecule has 110 valence electrons. The highest BCUT2D eigenvalue weighted by molar-refractivity contribution is 5.75. The first-order valence-electron chi connectivity index (χ1n) is 7.52. The number of allylic oxidation sites excluding steroid dienone is 1. The van der Waals surface area contributed by atoms with Crippen LogP contribution in [0.25, 0.3) is 0 Å². The molecule has 0 bridgehead atoms. The molecule has 0 aromatic carbocycles. The summed E-state index contributed by atoms with van der Waals surface area (Å²) in [6, 6.07) is 0. The topological polar surface area (TPSA) is 41.1 Å². The maximum atomic E-state index is 11.5. The van der Waals surface area contributed by atoms with Crippen LogP contribution in [0, 0.1) is 0 Å². The Kier molecular flexibility index (Phi) is 12.3. The third-order valence-corrected chi connectivity index (χ3v) is 3.05. The van der Waals surface area contributed by atoms with E-state index in [0.717, 1.165) is 12.1 Å². The van der Waals surface area contributed by atoms with Crippen molar-refractivity contribution in [1.82, 2.24) is 10.6 Å². The quantitative estimate of drug-likeness (QED) is 0.395. The normalized spacial score (nSPS) is 9.95. The number of amides is 1. The Morgan fingerprint density at radius 3 is 2.21 bits per heavy atom. The van der Waals surface area contributed by atoms with Crippen LogP contribution in [0.1, 0.15) is 58.3 Å². The molecule has 0 spiro atoms. The number of carbonyl (C=O) groups excluding carboxylic acids is 1. The molecule has 0 heterocycles. The summed E-state index contributed by atoms with van der Waals surface area (Å²) in [7, 11) is 0. The van der Waals surface area contributed by atoms with Gasteiger partial charge >= 0.3 is 0 Å². The number of carbonyl (C=O) groups is 1. The molecule has 0 aromatic rings. The number of hydrogen-bond acceptors (Lipinski definition) is 2. The van der Waals surface area contributed by atoms with Gasteiger partial charge in [0.2, 0.25) is 5.91 Å². The van der Waals surface area contributed by atoms with Gasteiger partial charge in [0.05, 0.1) is 0 Å². The average Bonchev–Trinajstić information content (AvgIpc) is 2.42.